The topological polar surface area (TPSA) is 63.2 Å². The van der Waals surface area contributed by atoms with Crippen molar-refractivity contribution in [1.29, 1.82) is 0 Å². The second-order valence-electron chi connectivity index (χ2n) is 3.19. The number of hydrogen-bond acceptors (Lipinski definition) is 4. The van der Waals surface area contributed by atoms with Crippen LogP contribution in [0.5, 0.6) is 5.75 Å². The number of carbonyl (C=O) groups excluding carboxylic acids is 1. The average Bonchev–Trinajstić information content (AvgIpc) is 2.26. The number of ether oxygens (including phenoxy) is 1. The Morgan fingerprint density at radius 2 is 2.31 bits per heavy atom. The van der Waals surface area contributed by atoms with E-state index in [1.807, 2.05) is 19.1 Å². The second kappa shape index (κ2) is 6.66. The Labute approximate surface area is 95.2 Å². The Morgan fingerprint density at radius 3 is 3.00 bits per heavy atom. The van der Waals surface area contributed by atoms with E-state index in [0.717, 1.165) is 5.75 Å². The van der Waals surface area contributed by atoms with E-state index in [1.54, 1.807) is 6.20 Å². The predicted octanol–water partition coefficient (Wildman–Crippen LogP) is 1.03. The van der Waals surface area contributed by atoms with E-state index < -0.39 is 0 Å². The van der Waals surface area contributed by atoms with Crippen molar-refractivity contribution in [3.05, 3.63) is 18.3 Å². The number of carbonyl (C=O) groups is 1. The van der Waals surface area contributed by atoms with Crippen molar-refractivity contribution in [1.82, 2.24) is 10.3 Å². The monoisotopic (exact) mass is 223 g/mol. The van der Waals surface area contributed by atoms with Crippen molar-refractivity contribution >= 4 is 11.7 Å². The lowest BCUT2D eigenvalue weighted by Crippen LogP contribution is -2.26. The Balaban J connectivity index is 2.43. The molecule has 0 radical (unpaired) electrons. The first-order valence-electron chi connectivity index (χ1n) is 5.30. The summed E-state index contributed by atoms with van der Waals surface area (Å²) in [6.07, 6.45) is 1.70. The van der Waals surface area contributed by atoms with Crippen LogP contribution in [0.1, 0.15) is 13.8 Å². The molecule has 0 aliphatic rings. The zero-order valence-electron chi connectivity index (χ0n) is 9.62. The smallest absolute Gasteiger partial charge is 0.216 e. The summed E-state index contributed by atoms with van der Waals surface area (Å²) in [6, 6.07) is 3.68. The van der Waals surface area contributed by atoms with Crippen molar-refractivity contribution in [3.8, 4) is 5.75 Å². The van der Waals surface area contributed by atoms with E-state index in [1.165, 1.54) is 6.92 Å². The fourth-order valence-corrected chi connectivity index (χ4v) is 1.21. The molecule has 0 saturated heterocycles. The number of amides is 1. The molecule has 1 aromatic rings. The molecule has 0 atom stereocenters. The van der Waals surface area contributed by atoms with Crippen molar-refractivity contribution in [3.63, 3.8) is 0 Å². The first-order valence-corrected chi connectivity index (χ1v) is 5.30. The molecule has 5 heteroatoms. The summed E-state index contributed by atoms with van der Waals surface area (Å²) in [6.45, 7) is 5.21. The van der Waals surface area contributed by atoms with Crippen LogP contribution in [0.3, 0.4) is 0 Å². The molecule has 1 rings (SSSR count). The van der Waals surface area contributed by atoms with Crippen molar-refractivity contribution in [2.24, 2.45) is 0 Å². The van der Waals surface area contributed by atoms with E-state index in [-0.39, 0.29) is 5.91 Å². The van der Waals surface area contributed by atoms with Gasteiger partial charge in [0.25, 0.3) is 0 Å². The lowest BCUT2D eigenvalue weighted by atomic mass is 10.4. The minimum atomic E-state index is -0.0344. The van der Waals surface area contributed by atoms with Crippen molar-refractivity contribution < 1.29 is 9.53 Å². The zero-order valence-corrected chi connectivity index (χ0v) is 9.62. The van der Waals surface area contributed by atoms with Crippen LogP contribution in [0, 0.1) is 0 Å². The lowest BCUT2D eigenvalue weighted by Gasteiger charge is -2.10. The maximum absolute atomic E-state index is 10.6. The molecule has 0 aliphatic heterocycles. The van der Waals surface area contributed by atoms with Gasteiger partial charge in [-0.3, -0.25) is 4.79 Å². The number of rotatable bonds is 6. The van der Waals surface area contributed by atoms with E-state index in [0.29, 0.717) is 25.5 Å². The third-order valence-corrected chi connectivity index (χ3v) is 1.86. The minimum Gasteiger partial charge on any atom is -0.490 e. The van der Waals surface area contributed by atoms with E-state index >= 15 is 0 Å². The molecule has 88 valence electrons. The molecule has 5 nitrogen and oxygen atoms in total. The van der Waals surface area contributed by atoms with E-state index in [2.05, 4.69) is 15.6 Å². The number of nitrogens with zero attached hydrogens (tertiary/aromatic N) is 1. The normalized spacial score (nSPS) is 9.62. The lowest BCUT2D eigenvalue weighted by molar-refractivity contribution is -0.118. The fourth-order valence-electron chi connectivity index (χ4n) is 1.21. The quantitative estimate of drug-likeness (QED) is 0.707. The van der Waals surface area contributed by atoms with Gasteiger partial charge in [-0.15, -0.1) is 0 Å². The molecular weight excluding hydrogens is 206 g/mol. The molecule has 1 aromatic heterocycles. The summed E-state index contributed by atoms with van der Waals surface area (Å²) in [7, 11) is 0. The summed E-state index contributed by atoms with van der Waals surface area (Å²) in [5, 5.41) is 5.80. The summed E-state index contributed by atoms with van der Waals surface area (Å²) in [5.41, 5.74) is 0. The van der Waals surface area contributed by atoms with Crippen LogP contribution in [0.4, 0.5) is 5.82 Å². The average molecular weight is 223 g/mol. The van der Waals surface area contributed by atoms with Crippen LogP contribution in [0.2, 0.25) is 0 Å². The molecule has 0 spiro atoms. The molecule has 2 N–H and O–H groups in total. The van der Waals surface area contributed by atoms with Crippen molar-refractivity contribution in [2.45, 2.75) is 13.8 Å². The number of aromatic nitrogens is 1. The van der Waals surface area contributed by atoms with Gasteiger partial charge in [0.15, 0.2) is 11.6 Å². The van der Waals surface area contributed by atoms with Crippen LogP contribution in [-0.4, -0.2) is 30.6 Å². The Hall–Kier alpha value is -1.78. The second-order valence-corrected chi connectivity index (χ2v) is 3.19. The molecular formula is C11H17N3O2. The number of hydrogen-bond donors (Lipinski definition) is 2. The van der Waals surface area contributed by atoms with Gasteiger partial charge in [0.05, 0.1) is 6.61 Å². The van der Waals surface area contributed by atoms with Gasteiger partial charge in [0, 0.05) is 26.2 Å². The number of pyridine rings is 1. The molecule has 0 bridgehead atoms. The molecule has 16 heavy (non-hydrogen) atoms. The summed E-state index contributed by atoms with van der Waals surface area (Å²) < 4.78 is 5.40. The predicted molar refractivity (Wildman–Crippen MR) is 62.6 cm³/mol. The molecule has 1 amide bonds. The third-order valence-electron chi connectivity index (χ3n) is 1.86. The van der Waals surface area contributed by atoms with Crippen molar-refractivity contribution in [2.75, 3.05) is 25.0 Å². The Kier molecular flexibility index (Phi) is 5.11. The van der Waals surface area contributed by atoms with Gasteiger partial charge in [-0.2, -0.15) is 0 Å². The van der Waals surface area contributed by atoms with Crippen LogP contribution in [0.25, 0.3) is 0 Å². The number of nitrogens with one attached hydrogen (secondary N) is 2. The maximum atomic E-state index is 10.6. The highest BCUT2D eigenvalue weighted by Crippen LogP contribution is 2.19. The zero-order chi connectivity index (χ0) is 11.8. The maximum Gasteiger partial charge on any atom is 0.216 e. The molecule has 0 aliphatic carbocycles. The molecule has 1 heterocycles. The fraction of sp³-hybridized carbons (Fsp3) is 0.455. The number of anilines is 1. The minimum absolute atomic E-state index is 0.0344. The highest BCUT2D eigenvalue weighted by atomic mass is 16.5. The van der Waals surface area contributed by atoms with E-state index in [4.69, 9.17) is 4.74 Å². The molecule has 0 saturated carbocycles. The molecule has 0 aromatic carbocycles. The van der Waals surface area contributed by atoms with Gasteiger partial charge in [-0.05, 0) is 19.1 Å². The van der Waals surface area contributed by atoms with E-state index in [9.17, 15) is 4.79 Å². The Bertz CT molecular complexity index is 342. The van der Waals surface area contributed by atoms with Crippen LogP contribution < -0.4 is 15.4 Å². The van der Waals surface area contributed by atoms with Crippen LogP contribution >= 0.6 is 0 Å². The summed E-state index contributed by atoms with van der Waals surface area (Å²) >= 11 is 0. The van der Waals surface area contributed by atoms with Gasteiger partial charge in [0.2, 0.25) is 5.91 Å². The van der Waals surface area contributed by atoms with Gasteiger partial charge in [-0.25, -0.2) is 4.98 Å². The van der Waals surface area contributed by atoms with Gasteiger partial charge in [-0.1, -0.05) is 0 Å². The SMILES string of the molecule is CCOc1cccnc1NCCNC(C)=O. The molecule has 0 unspecified atom stereocenters. The van der Waals surface area contributed by atoms with Gasteiger partial charge >= 0.3 is 0 Å². The van der Waals surface area contributed by atoms with Crippen LogP contribution in [0.15, 0.2) is 18.3 Å². The standard InChI is InChI=1S/C11H17N3O2/c1-3-16-10-5-4-6-13-11(10)14-8-7-12-9(2)15/h4-6H,3,7-8H2,1-2H3,(H,12,15)(H,13,14). The third kappa shape index (κ3) is 4.16. The Morgan fingerprint density at radius 1 is 1.50 bits per heavy atom. The molecule has 0 fully saturated rings. The highest BCUT2D eigenvalue weighted by molar-refractivity contribution is 5.72. The summed E-state index contributed by atoms with van der Waals surface area (Å²) in [5.74, 6) is 1.40. The first kappa shape index (κ1) is 12.3. The first-order chi connectivity index (χ1) is 7.74. The van der Waals surface area contributed by atoms with Gasteiger partial charge < -0.3 is 15.4 Å². The van der Waals surface area contributed by atoms with Crippen LogP contribution in [-0.2, 0) is 4.79 Å². The highest BCUT2D eigenvalue weighted by Gasteiger charge is 2.02. The summed E-state index contributed by atoms with van der Waals surface area (Å²) in [4.78, 5) is 14.8. The largest absolute Gasteiger partial charge is 0.490 e. The van der Waals surface area contributed by atoms with Gasteiger partial charge in [0.1, 0.15) is 0 Å².